The highest BCUT2D eigenvalue weighted by Crippen LogP contribution is 2.38. The van der Waals surface area contributed by atoms with E-state index >= 15 is 0 Å². The van der Waals surface area contributed by atoms with Crippen LogP contribution in [0, 0.1) is 17.2 Å². The molecule has 2 aromatic rings. The van der Waals surface area contributed by atoms with Crippen molar-refractivity contribution in [1.82, 2.24) is 26.0 Å². The van der Waals surface area contributed by atoms with Crippen LogP contribution in [-0.2, 0) is 40.3 Å². The SMILES string of the molecule is CC(O/N=C(\C(=O)N[C@@H]1C(=O)N(OS(=O)(=O)O)C1(C)C)c1csc(N)n1)(C(=O)O)[C@H]1CCc2cc(C(=N)NC3C[C@@H]4CNC[C@H]34)ccc2O1. The van der Waals surface area contributed by atoms with E-state index in [1.807, 2.05) is 6.07 Å². The van der Waals surface area contributed by atoms with E-state index in [2.05, 4.69) is 30.4 Å². The number of nitrogens with one attached hydrogen (secondary N) is 4. The van der Waals surface area contributed by atoms with Gasteiger partial charge in [0.1, 0.15) is 23.3 Å². The fourth-order valence-corrected chi connectivity index (χ4v) is 7.55. The zero-order chi connectivity index (χ0) is 35.5. The molecular weight excluding hydrogens is 684 g/mol. The average Bonchev–Trinajstić information content (AvgIpc) is 3.64. The second kappa shape index (κ2) is 12.5. The molecule has 6 atom stereocenters. The maximum absolute atomic E-state index is 13.5. The summed E-state index contributed by atoms with van der Waals surface area (Å²) in [5, 5.41) is 33.7. The Balaban J connectivity index is 1.17. The van der Waals surface area contributed by atoms with E-state index in [-0.39, 0.29) is 23.3 Å². The molecule has 4 heterocycles. The number of carbonyl (C=O) groups is 3. The third kappa shape index (κ3) is 6.53. The topological polar surface area (TPSA) is 268 Å². The lowest BCUT2D eigenvalue weighted by molar-refractivity contribution is -0.218. The Morgan fingerprint density at radius 1 is 1.31 bits per heavy atom. The first-order chi connectivity index (χ1) is 23.0. The number of thiazole rings is 1. The predicted octanol–water partition coefficient (Wildman–Crippen LogP) is 0.0460. The largest absolute Gasteiger partial charge is 0.485 e. The number of carbonyl (C=O) groups excluding carboxylic acids is 2. The number of rotatable bonds is 11. The van der Waals surface area contributed by atoms with Gasteiger partial charge in [-0.15, -0.1) is 15.6 Å². The van der Waals surface area contributed by atoms with Gasteiger partial charge in [0.15, 0.2) is 16.9 Å². The van der Waals surface area contributed by atoms with Crippen LogP contribution in [-0.4, -0.2) is 99.9 Å². The number of nitrogens with two attached hydrogens (primary N) is 1. The summed E-state index contributed by atoms with van der Waals surface area (Å²) < 4.78 is 41.8. The number of nitrogen functional groups attached to an aromatic ring is 1. The highest BCUT2D eigenvalue weighted by molar-refractivity contribution is 7.80. The Bertz CT molecular complexity index is 1850. The molecule has 1 aliphatic carbocycles. The number of amidine groups is 1. The van der Waals surface area contributed by atoms with Crippen LogP contribution in [0.4, 0.5) is 5.13 Å². The van der Waals surface area contributed by atoms with Crippen LogP contribution in [0.5, 0.6) is 5.75 Å². The van der Waals surface area contributed by atoms with E-state index in [1.54, 1.807) is 12.1 Å². The number of β-lactam (4-membered cyclic amide) rings is 1. The van der Waals surface area contributed by atoms with Crippen molar-refractivity contribution in [3.05, 3.63) is 40.4 Å². The van der Waals surface area contributed by atoms with Gasteiger partial charge in [-0.2, -0.15) is 13.5 Å². The van der Waals surface area contributed by atoms with Crippen molar-refractivity contribution in [2.75, 3.05) is 18.8 Å². The molecule has 0 radical (unpaired) electrons. The molecule has 2 saturated heterocycles. The molecule has 6 rings (SSSR count). The van der Waals surface area contributed by atoms with E-state index in [4.69, 9.17) is 25.3 Å². The van der Waals surface area contributed by atoms with Crippen molar-refractivity contribution in [3.63, 3.8) is 0 Å². The second-order valence-corrected chi connectivity index (χ2v) is 15.0. The third-order valence-electron chi connectivity index (χ3n) is 9.56. The van der Waals surface area contributed by atoms with Gasteiger partial charge in [0.05, 0.1) is 5.54 Å². The number of aliphatic carboxylic acids is 1. The third-order valence-corrected chi connectivity index (χ3v) is 10.6. The zero-order valence-corrected chi connectivity index (χ0v) is 28.3. The molecule has 264 valence electrons. The molecular formula is C29H36N8O10S2. The van der Waals surface area contributed by atoms with Gasteiger partial charge in [0.2, 0.25) is 0 Å². The van der Waals surface area contributed by atoms with Crippen molar-refractivity contribution in [1.29, 1.82) is 5.41 Å². The van der Waals surface area contributed by atoms with Crippen LogP contribution in [0.2, 0.25) is 0 Å². The van der Waals surface area contributed by atoms with E-state index in [1.165, 1.54) is 26.2 Å². The standard InChI is InChI=1S/C29H36N8O10S2/c1-28(2)22(25(39)37(28)47-49(42,43)44)35-24(38)21(18-12-48-27(31)34-18)36-46-29(3,26(40)41)20-7-5-13-8-14(4-6-19(13)45-20)23(30)33-17-9-15-10-32-11-16(15)17/h4,6,8,12,15-17,20,22,32H,5,7,9-11H2,1-3H3,(H2,30,33)(H2,31,34)(H,35,38)(H,40,41)(H,42,43,44)/b36-21-/t15-,16+,17?,20-,22-,29?/m1/s1. The van der Waals surface area contributed by atoms with Gasteiger partial charge in [-0.3, -0.25) is 19.6 Å². The first-order valence-electron chi connectivity index (χ1n) is 15.4. The number of aryl methyl sites for hydroxylation is 1. The minimum Gasteiger partial charge on any atom is -0.485 e. The van der Waals surface area contributed by atoms with Crippen LogP contribution in [0.15, 0.2) is 28.7 Å². The predicted molar refractivity (Wildman–Crippen MR) is 173 cm³/mol. The van der Waals surface area contributed by atoms with Gasteiger partial charge in [0.25, 0.3) is 17.4 Å². The molecule has 0 bridgehead atoms. The summed E-state index contributed by atoms with van der Waals surface area (Å²) >= 11 is 0.968. The Kier molecular flexibility index (Phi) is 8.80. The maximum atomic E-state index is 13.5. The van der Waals surface area contributed by atoms with Crippen molar-refractivity contribution in [2.24, 2.45) is 17.0 Å². The van der Waals surface area contributed by atoms with E-state index in [9.17, 15) is 27.9 Å². The quantitative estimate of drug-likeness (QED) is 0.0532. The number of carboxylic acids is 1. The number of hydrogen-bond donors (Lipinski definition) is 7. The van der Waals surface area contributed by atoms with E-state index < -0.39 is 57.2 Å². The minimum absolute atomic E-state index is 0.0616. The summed E-state index contributed by atoms with van der Waals surface area (Å²) in [4.78, 5) is 48.4. The molecule has 3 aliphatic heterocycles. The highest BCUT2D eigenvalue weighted by atomic mass is 32.3. The van der Waals surface area contributed by atoms with Gasteiger partial charge in [0, 0.05) is 23.5 Å². The summed E-state index contributed by atoms with van der Waals surface area (Å²) in [5.74, 6) is -1.54. The van der Waals surface area contributed by atoms with Crippen LogP contribution < -0.4 is 26.4 Å². The fourth-order valence-electron chi connectivity index (χ4n) is 6.55. The molecule has 1 saturated carbocycles. The molecule has 2 unspecified atom stereocenters. The molecule has 4 aliphatic rings. The highest BCUT2D eigenvalue weighted by Gasteiger charge is 2.58. The lowest BCUT2D eigenvalue weighted by atomic mass is 9.71. The summed E-state index contributed by atoms with van der Waals surface area (Å²) in [5.41, 5.74) is 3.10. The Morgan fingerprint density at radius 2 is 2.06 bits per heavy atom. The lowest BCUT2D eigenvalue weighted by Gasteiger charge is -2.50. The van der Waals surface area contributed by atoms with Gasteiger partial charge < -0.3 is 36.4 Å². The number of fused-ring (bicyclic) bond motifs is 2. The molecule has 1 aromatic heterocycles. The second-order valence-electron chi connectivity index (χ2n) is 13.1. The number of hydrogen-bond acceptors (Lipinski definition) is 14. The normalized spacial score (nSPS) is 26.9. The zero-order valence-electron chi connectivity index (χ0n) is 26.6. The fraction of sp³-hybridized carbons (Fsp3) is 0.517. The Morgan fingerprint density at radius 3 is 2.69 bits per heavy atom. The Hall–Kier alpha value is -4.37. The van der Waals surface area contributed by atoms with Crippen LogP contribution in [0.3, 0.4) is 0 Å². The van der Waals surface area contributed by atoms with E-state index in [0.29, 0.717) is 40.5 Å². The first-order valence-corrected chi connectivity index (χ1v) is 17.6. The number of amides is 2. The van der Waals surface area contributed by atoms with Gasteiger partial charge in [-0.25, -0.2) is 9.78 Å². The number of benzene rings is 1. The summed E-state index contributed by atoms with van der Waals surface area (Å²) in [6.07, 6.45) is 0.570. The average molecular weight is 721 g/mol. The first kappa shape index (κ1) is 34.5. The summed E-state index contributed by atoms with van der Waals surface area (Å²) in [6, 6.07) is 4.18. The van der Waals surface area contributed by atoms with Gasteiger partial charge in [-0.1, -0.05) is 5.16 Å². The molecule has 49 heavy (non-hydrogen) atoms. The molecule has 18 nitrogen and oxygen atoms in total. The van der Waals surface area contributed by atoms with E-state index in [0.717, 1.165) is 36.4 Å². The van der Waals surface area contributed by atoms with Crippen molar-refractivity contribution >= 4 is 56.2 Å². The summed E-state index contributed by atoms with van der Waals surface area (Å²) in [7, 11) is -5.03. The van der Waals surface area contributed by atoms with Crippen LogP contribution in [0.1, 0.15) is 50.4 Å². The molecule has 20 heteroatoms. The number of anilines is 1. The number of ether oxygens (including phenoxy) is 1. The molecule has 2 amide bonds. The van der Waals surface area contributed by atoms with Gasteiger partial charge in [-0.05, 0) is 82.2 Å². The smallest absolute Gasteiger partial charge is 0.418 e. The van der Waals surface area contributed by atoms with Crippen LogP contribution >= 0.6 is 11.3 Å². The molecule has 1 aromatic carbocycles. The number of hydroxylamine groups is 2. The van der Waals surface area contributed by atoms with Crippen molar-refractivity contribution in [3.8, 4) is 5.75 Å². The van der Waals surface area contributed by atoms with Gasteiger partial charge >= 0.3 is 16.4 Å². The minimum atomic E-state index is -5.03. The number of oxime groups is 1. The molecule has 8 N–H and O–H groups in total. The van der Waals surface area contributed by atoms with Crippen molar-refractivity contribution in [2.45, 2.75) is 69.4 Å². The monoisotopic (exact) mass is 720 g/mol. The number of carboxylic acid groups (broad SMARTS) is 1. The molecule has 0 spiro atoms. The summed E-state index contributed by atoms with van der Waals surface area (Å²) in [6.45, 7) is 5.96. The van der Waals surface area contributed by atoms with Crippen molar-refractivity contribution < 1.29 is 46.3 Å². The maximum Gasteiger partial charge on any atom is 0.418 e. The number of nitrogens with zero attached hydrogens (tertiary/aromatic N) is 3. The number of aromatic nitrogens is 1. The van der Waals surface area contributed by atoms with Crippen LogP contribution in [0.25, 0.3) is 0 Å². The Labute approximate surface area is 284 Å². The lowest BCUT2D eigenvalue weighted by Crippen LogP contribution is -2.76. The molecule has 3 fully saturated rings.